The fraction of sp³-hybridized carbons (Fsp3) is 0.286. The van der Waals surface area contributed by atoms with E-state index in [9.17, 15) is 0 Å². The number of hydrogen-bond donors (Lipinski definition) is 1. The summed E-state index contributed by atoms with van der Waals surface area (Å²) < 4.78 is 12.1. The zero-order chi connectivity index (χ0) is 23.7. The van der Waals surface area contributed by atoms with Gasteiger partial charge in [0.2, 0.25) is 0 Å². The first-order chi connectivity index (χ1) is 16.2. The van der Waals surface area contributed by atoms with Crippen molar-refractivity contribution < 1.29 is 8.85 Å². The van der Waals surface area contributed by atoms with Crippen molar-refractivity contribution in [3.63, 3.8) is 0 Å². The normalized spacial score (nSPS) is 11.6. The molecule has 0 heterocycles. The Bertz CT molecular complexity index is 758. The maximum absolute atomic E-state index is 6.04. The van der Waals surface area contributed by atoms with Gasteiger partial charge in [0.15, 0.2) is 19.5 Å². The molecule has 0 aliphatic heterocycles. The van der Waals surface area contributed by atoms with Gasteiger partial charge in [-0.15, -0.1) is 26.3 Å². The Morgan fingerprint density at radius 3 is 1.24 bits per heavy atom. The average molecular weight is 478 g/mol. The summed E-state index contributed by atoms with van der Waals surface area (Å²) in [6.45, 7) is 16.9. The second-order valence-electron chi connectivity index (χ2n) is 8.38. The number of rotatable bonds is 18. The van der Waals surface area contributed by atoms with Gasteiger partial charge in [-0.2, -0.15) is 0 Å². The number of hydrogen-bond acceptors (Lipinski definition) is 3. The molecule has 1 N–H and O–H groups in total. The zero-order valence-electron chi connectivity index (χ0n) is 19.9. The van der Waals surface area contributed by atoms with Crippen molar-refractivity contribution in [1.29, 1.82) is 0 Å². The van der Waals surface area contributed by atoms with E-state index in [1.165, 1.54) is 10.4 Å². The lowest BCUT2D eigenvalue weighted by molar-refractivity contribution is 0.266. The van der Waals surface area contributed by atoms with Crippen LogP contribution in [-0.2, 0) is 8.85 Å². The lowest BCUT2D eigenvalue weighted by atomic mass is 10.0. The molecule has 3 nitrogen and oxygen atoms in total. The highest BCUT2D eigenvalue weighted by Crippen LogP contribution is 2.15. The van der Waals surface area contributed by atoms with Crippen molar-refractivity contribution in [1.82, 2.24) is 0 Å². The third-order valence-corrected chi connectivity index (χ3v) is 7.93. The topological polar surface area (TPSA) is 30.5 Å². The predicted molar refractivity (Wildman–Crippen MR) is 151 cm³/mol. The van der Waals surface area contributed by atoms with Crippen LogP contribution in [0.2, 0.25) is 0 Å². The number of allylic oxidation sites excluding steroid dienone is 4. The smallest absolute Gasteiger partial charge is 0.192 e. The van der Waals surface area contributed by atoms with Crippen molar-refractivity contribution in [2.24, 2.45) is 11.8 Å². The van der Waals surface area contributed by atoms with Crippen LogP contribution < -0.4 is 15.7 Å². The van der Waals surface area contributed by atoms with Crippen LogP contribution in [-0.4, -0.2) is 32.7 Å². The van der Waals surface area contributed by atoms with E-state index in [1.54, 1.807) is 0 Å². The quantitative estimate of drug-likeness (QED) is 0.255. The lowest BCUT2D eigenvalue weighted by Crippen LogP contribution is -2.21. The van der Waals surface area contributed by atoms with Gasteiger partial charge in [-0.1, -0.05) is 48.6 Å². The molecule has 0 aromatic heterocycles. The van der Waals surface area contributed by atoms with Gasteiger partial charge in [-0.25, -0.2) is 0 Å². The van der Waals surface area contributed by atoms with Crippen LogP contribution in [0.5, 0.6) is 0 Å². The van der Waals surface area contributed by atoms with Gasteiger partial charge in [0.1, 0.15) is 0 Å². The first-order valence-corrected chi connectivity index (χ1v) is 14.3. The van der Waals surface area contributed by atoms with Crippen LogP contribution in [0.3, 0.4) is 0 Å². The molecule has 33 heavy (non-hydrogen) atoms. The Morgan fingerprint density at radius 1 is 0.606 bits per heavy atom. The SMILES string of the molecule is C=CCC(CC=C)CO[SiH2]c1ccc(Nc2ccc([SiH2]OCC(CC=C)CC=C)cc2)cc1. The number of nitrogens with one attached hydrogen (secondary N) is 1. The minimum Gasteiger partial charge on any atom is -0.418 e. The standard InChI is InChI=1S/C28H39NO2Si2/c1-5-9-23(10-6-2)21-30-32-27-17-13-25(14-18-27)29-26-15-19-28(20-16-26)33-31-22-24(11-7-3)12-8-4/h5-8,13-20,23-24,29H,1-4,9-12,21-22,32-33H2. The van der Waals surface area contributed by atoms with E-state index in [0.717, 1.165) is 50.3 Å². The summed E-state index contributed by atoms with van der Waals surface area (Å²) in [6.07, 6.45) is 11.8. The van der Waals surface area contributed by atoms with Gasteiger partial charge in [-0.05, 0) is 72.2 Å². The largest absolute Gasteiger partial charge is 0.418 e. The fourth-order valence-electron chi connectivity index (χ4n) is 3.63. The molecule has 0 atom stereocenters. The molecule has 176 valence electrons. The van der Waals surface area contributed by atoms with Crippen LogP contribution in [0.25, 0.3) is 0 Å². The molecule has 0 saturated heterocycles. The summed E-state index contributed by atoms with van der Waals surface area (Å²) in [6, 6.07) is 17.2. The van der Waals surface area contributed by atoms with Crippen LogP contribution in [0.1, 0.15) is 25.7 Å². The molecule has 0 amide bonds. The summed E-state index contributed by atoms with van der Waals surface area (Å²) in [5.74, 6) is 0.983. The van der Waals surface area contributed by atoms with Gasteiger partial charge >= 0.3 is 0 Å². The lowest BCUT2D eigenvalue weighted by Gasteiger charge is -2.14. The molecule has 0 unspecified atom stereocenters. The summed E-state index contributed by atoms with van der Waals surface area (Å²) in [5.41, 5.74) is 2.17. The van der Waals surface area contributed by atoms with E-state index in [0.29, 0.717) is 11.8 Å². The van der Waals surface area contributed by atoms with Crippen molar-refractivity contribution in [2.45, 2.75) is 25.7 Å². The maximum atomic E-state index is 6.04. The Labute approximate surface area is 205 Å². The highest BCUT2D eigenvalue weighted by atomic mass is 28.2. The summed E-state index contributed by atoms with van der Waals surface area (Å²) in [5, 5.41) is 6.09. The van der Waals surface area contributed by atoms with Gasteiger partial charge in [0.25, 0.3) is 0 Å². The molecule has 2 aromatic carbocycles. The van der Waals surface area contributed by atoms with Crippen molar-refractivity contribution in [2.75, 3.05) is 18.5 Å². The molecule has 2 rings (SSSR count). The third kappa shape index (κ3) is 10.8. The summed E-state index contributed by atoms with van der Waals surface area (Å²) >= 11 is 0. The first-order valence-electron chi connectivity index (χ1n) is 11.7. The van der Waals surface area contributed by atoms with Gasteiger partial charge in [0, 0.05) is 24.6 Å². The Hall–Kier alpha value is -2.45. The molecule has 0 radical (unpaired) electrons. The van der Waals surface area contributed by atoms with Gasteiger partial charge < -0.3 is 14.2 Å². The van der Waals surface area contributed by atoms with Crippen molar-refractivity contribution in [3.05, 3.63) is 99.2 Å². The van der Waals surface area contributed by atoms with E-state index in [4.69, 9.17) is 8.85 Å². The van der Waals surface area contributed by atoms with Crippen LogP contribution in [0.15, 0.2) is 99.2 Å². The van der Waals surface area contributed by atoms with Crippen LogP contribution >= 0.6 is 0 Å². The minimum absolute atomic E-state index is 0.491. The molecule has 2 aromatic rings. The minimum atomic E-state index is -0.718. The van der Waals surface area contributed by atoms with Crippen LogP contribution in [0, 0.1) is 11.8 Å². The van der Waals surface area contributed by atoms with E-state index in [2.05, 4.69) is 80.2 Å². The van der Waals surface area contributed by atoms with Gasteiger partial charge in [0.05, 0.1) is 0 Å². The number of anilines is 2. The fourth-order valence-corrected chi connectivity index (χ4v) is 5.86. The zero-order valence-corrected chi connectivity index (χ0v) is 22.7. The van der Waals surface area contributed by atoms with Crippen molar-refractivity contribution >= 4 is 41.3 Å². The molecule has 5 heteroatoms. The molecular formula is C28H39NO2Si2. The Balaban J connectivity index is 1.76. The van der Waals surface area contributed by atoms with Gasteiger partial charge in [-0.3, -0.25) is 0 Å². The molecule has 0 aliphatic rings. The van der Waals surface area contributed by atoms with E-state index in [-0.39, 0.29) is 0 Å². The molecule has 0 bridgehead atoms. The highest BCUT2D eigenvalue weighted by Gasteiger charge is 2.07. The average Bonchev–Trinajstić information content (AvgIpc) is 2.82. The second-order valence-corrected chi connectivity index (χ2v) is 11.4. The summed E-state index contributed by atoms with van der Waals surface area (Å²) in [7, 11) is -1.44. The highest BCUT2D eigenvalue weighted by molar-refractivity contribution is 6.47. The Morgan fingerprint density at radius 2 is 0.939 bits per heavy atom. The predicted octanol–water partition coefficient (Wildman–Crippen LogP) is 4.42. The van der Waals surface area contributed by atoms with Crippen molar-refractivity contribution in [3.8, 4) is 0 Å². The maximum Gasteiger partial charge on any atom is 0.192 e. The second kappa shape index (κ2) is 16.2. The molecule has 0 aliphatic carbocycles. The third-order valence-electron chi connectivity index (χ3n) is 5.44. The Kier molecular flexibility index (Phi) is 13.2. The molecular weight excluding hydrogens is 438 g/mol. The number of benzene rings is 2. The summed E-state index contributed by atoms with van der Waals surface area (Å²) in [4.78, 5) is 0. The first kappa shape index (κ1) is 26.8. The van der Waals surface area contributed by atoms with E-state index >= 15 is 0 Å². The van der Waals surface area contributed by atoms with Crippen LogP contribution in [0.4, 0.5) is 11.4 Å². The molecule has 0 spiro atoms. The molecule has 0 saturated carbocycles. The monoisotopic (exact) mass is 477 g/mol. The molecule has 0 fully saturated rings. The van der Waals surface area contributed by atoms with E-state index < -0.39 is 19.5 Å². The van der Waals surface area contributed by atoms with E-state index in [1.807, 2.05) is 24.3 Å².